The highest BCUT2D eigenvalue weighted by Gasteiger charge is 2.51. The molecule has 1 aliphatic carbocycles. The summed E-state index contributed by atoms with van der Waals surface area (Å²) < 4.78 is 0. The van der Waals surface area contributed by atoms with Crippen LogP contribution >= 0.6 is 23.4 Å². The van der Waals surface area contributed by atoms with Gasteiger partial charge in [0, 0.05) is 10.7 Å². The minimum atomic E-state index is -0.863. The van der Waals surface area contributed by atoms with Gasteiger partial charge >= 0.3 is 5.97 Å². The fourth-order valence-electron chi connectivity index (χ4n) is 4.05. The van der Waals surface area contributed by atoms with Gasteiger partial charge < -0.3 is 10.0 Å². The maximum absolute atomic E-state index is 11.2. The molecule has 0 saturated heterocycles. The maximum Gasteiger partial charge on any atom is 0.313 e. The first-order chi connectivity index (χ1) is 14.0. The molecular formula is C22H22ClN3O2S. The highest BCUT2D eigenvalue weighted by molar-refractivity contribution is 8.14. The number of anilines is 1. The zero-order valence-electron chi connectivity index (χ0n) is 16.1. The number of hydrogen-bond donors (Lipinski definition) is 1. The van der Waals surface area contributed by atoms with Crippen molar-refractivity contribution in [2.45, 2.75) is 38.1 Å². The molecule has 1 saturated carbocycles. The largest absolute Gasteiger partial charge is 0.481 e. The summed E-state index contributed by atoms with van der Waals surface area (Å²) in [5, 5.41) is 10.6. The van der Waals surface area contributed by atoms with E-state index in [4.69, 9.17) is 21.6 Å². The van der Waals surface area contributed by atoms with Gasteiger partial charge in [-0.3, -0.25) is 4.79 Å². The molecule has 1 heterocycles. The number of carboxylic acid groups (broad SMARTS) is 1. The number of rotatable bonds is 4. The van der Waals surface area contributed by atoms with Crippen LogP contribution in [0.4, 0.5) is 11.4 Å². The van der Waals surface area contributed by atoms with Crippen molar-refractivity contribution < 1.29 is 9.90 Å². The first-order valence-corrected chi connectivity index (χ1v) is 11.0. The van der Waals surface area contributed by atoms with Gasteiger partial charge in [0.25, 0.3) is 0 Å². The zero-order chi connectivity index (χ0) is 20.4. The number of amidine groups is 2. The third-order valence-corrected chi connectivity index (χ3v) is 6.49. The molecule has 0 radical (unpaired) electrons. The Bertz CT molecular complexity index is 982. The molecule has 2 aliphatic rings. The summed E-state index contributed by atoms with van der Waals surface area (Å²) in [5.41, 5.74) is 2.63. The molecule has 5 nitrogen and oxygen atoms in total. The molecule has 4 rings (SSSR count). The van der Waals surface area contributed by atoms with Crippen LogP contribution < -0.4 is 4.90 Å². The number of aryl methyl sites for hydroxylation is 1. The van der Waals surface area contributed by atoms with Crippen molar-refractivity contribution in [2.75, 3.05) is 10.7 Å². The molecule has 0 bridgehead atoms. The van der Waals surface area contributed by atoms with E-state index in [1.807, 2.05) is 55.5 Å². The molecule has 2 aromatic carbocycles. The normalized spacial score (nSPS) is 19.2. The molecule has 0 atom stereocenters. The lowest BCUT2D eigenvalue weighted by Gasteiger charge is -2.36. The molecule has 0 unspecified atom stereocenters. The number of carbonyl (C=O) groups is 1. The summed E-state index contributed by atoms with van der Waals surface area (Å²) in [6.07, 6.45) is 4.04. The third kappa shape index (κ3) is 4.05. The Morgan fingerprint density at radius 1 is 1.24 bits per heavy atom. The number of aliphatic carboxylic acids is 1. The van der Waals surface area contributed by atoms with Crippen molar-refractivity contribution in [1.29, 1.82) is 0 Å². The van der Waals surface area contributed by atoms with Crippen LogP contribution in [-0.4, -0.2) is 33.4 Å². The van der Waals surface area contributed by atoms with Gasteiger partial charge in [-0.25, -0.2) is 9.98 Å². The average Bonchev–Trinajstić information content (AvgIpc) is 3.28. The van der Waals surface area contributed by atoms with Gasteiger partial charge in [-0.05, 0) is 61.7 Å². The number of hydrogen-bond acceptors (Lipinski definition) is 4. The highest BCUT2D eigenvalue weighted by Crippen LogP contribution is 2.45. The lowest BCUT2D eigenvalue weighted by Crippen LogP contribution is -2.49. The molecule has 1 aliphatic heterocycles. The molecule has 1 N–H and O–H groups in total. The molecule has 7 heteroatoms. The zero-order valence-corrected chi connectivity index (χ0v) is 17.7. The Hall–Kier alpha value is -2.31. The number of carboxylic acids is 1. The fourth-order valence-corrected chi connectivity index (χ4v) is 4.99. The predicted octanol–water partition coefficient (Wildman–Crippen LogP) is 5.69. The van der Waals surface area contributed by atoms with Crippen molar-refractivity contribution in [2.24, 2.45) is 9.98 Å². The van der Waals surface area contributed by atoms with E-state index >= 15 is 0 Å². The van der Waals surface area contributed by atoms with E-state index < -0.39 is 5.97 Å². The molecule has 2 aromatic rings. The number of benzene rings is 2. The summed E-state index contributed by atoms with van der Waals surface area (Å²) in [7, 11) is 0. The van der Waals surface area contributed by atoms with Crippen molar-refractivity contribution >= 4 is 51.7 Å². The Kier molecular flexibility index (Phi) is 5.65. The number of thioether (sulfide) groups is 1. The lowest BCUT2D eigenvalue weighted by molar-refractivity contribution is -0.133. The molecule has 29 heavy (non-hydrogen) atoms. The van der Waals surface area contributed by atoms with Crippen molar-refractivity contribution in [3.05, 3.63) is 59.1 Å². The van der Waals surface area contributed by atoms with Gasteiger partial charge in [0.05, 0.1) is 11.4 Å². The number of nitrogens with zero attached hydrogens (tertiary/aromatic N) is 3. The van der Waals surface area contributed by atoms with E-state index in [1.54, 1.807) is 0 Å². The van der Waals surface area contributed by atoms with Crippen LogP contribution in [0.1, 0.15) is 31.2 Å². The molecule has 0 aromatic heterocycles. The summed E-state index contributed by atoms with van der Waals surface area (Å²) >= 11 is 7.34. The number of halogens is 1. The van der Waals surface area contributed by atoms with Crippen LogP contribution in [0.2, 0.25) is 5.02 Å². The topological polar surface area (TPSA) is 65.3 Å². The monoisotopic (exact) mass is 427 g/mol. The molecule has 0 amide bonds. The second kappa shape index (κ2) is 8.20. The van der Waals surface area contributed by atoms with Crippen LogP contribution in [0.15, 0.2) is 58.5 Å². The smallest absolute Gasteiger partial charge is 0.313 e. The minimum Gasteiger partial charge on any atom is -0.481 e. The van der Waals surface area contributed by atoms with Gasteiger partial charge in [0.1, 0.15) is 5.54 Å². The average molecular weight is 428 g/mol. The Balaban J connectivity index is 1.81. The van der Waals surface area contributed by atoms with Gasteiger partial charge in [0.15, 0.2) is 11.0 Å². The Morgan fingerprint density at radius 2 is 1.97 bits per heavy atom. The Labute approximate surface area is 179 Å². The van der Waals surface area contributed by atoms with Gasteiger partial charge in [-0.2, -0.15) is 0 Å². The maximum atomic E-state index is 11.2. The summed E-state index contributed by atoms with van der Waals surface area (Å²) in [4.78, 5) is 23.2. The van der Waals surface area contributed by atoms with E-state index in [1.165, 1.54) is 11.8 Å². The molecule has 1 spiro atoms. The van der Waals surface area contributed by atoms with Crippen LogP contribution in [-0.2, 0) is 4.79 Å². The van der Waals surface area contributed by atoms with E-state index in [0.717, 1.165) is 48.5 Å². The predicted molar refractivity (Wildman–Crippen MR) is 121 cm³/mol. The summed E-state index contributed by atoms with van der Waals surface area (Å²) in [6.45, 7) is 2.04. The van der Waals surface area contributed by atoms with E-state index in [0.29, 0.717) is 10.2 Å². The minimum absolute atomic E-state index is 0.0449. The second-order valence-corrected chi connectivity index (χ2v) is 8.78. The van der Waals surface area contributed by atoms with E-state index in [9.17, 15) is 9.90 Å². The van der Waals surface area contributed by atoms with Crippen LogP contribution in [0.3, 0.4) is 0 Å². The Morgan fingerprint density at radius 3 is 2.62 bits per heavy atom. The first kappa shape index (κ1) is 20.0. The summed E-state index contributed by atoms with van der Waals surface area (Å²) in [6, 6.07) is 15.7. The van der Waals surface area contributed by atoms with Crippen molar-refractivity contribution in [3.63, 3.8) is 0 Å². The molecule has 150 valence electrons. The van der Waals surface area contributed by atoms with Crippen LogP contribution in [0.25, 0.3) is 0 Å². The van der Waals surface area contributed by atoms with E-state index in [-0.39, 0.29) is 11.3 Å². The first-order valence-electron chi connectivity index (χ1n) is 9.63. The highest BCUT2D eigenvalue weighted by atomic mass is 35.5. The van der Waals surface area contributed by atoms with Gasteiger partial charge in [-0.15, -0.1) is 0 Å². The summed E-state index contributed by atoms with van der Waals surface area (Å²) in [5.74, 6) is -0.141. The quantitative estimate of drug-likeness (QED) is 0.681. The van der Waals surface area contributed by atoms with Gasteiger partial charge in [0.2, 0.25) is 0 Å². The van der Waals surface area contributed by atoms with Crippen LogP contribution in [0.5, 0.6) is 0 Å². The second-order valence-electron chi connectivity index (χ2n) is 7.40. The molecule has 1 fully saturated rings. The molecular weight excluding hydrogens is 406 g/mol. The fraction of sp³-hybridized carbons (Fsp3) is 0.318. The van der Waals surface area contributed by atoms with Crippen LogP contribution in [0, 0.1) is 6.92 Å². The standard InChI is InChI=1S/C22H22ClN3O2S/c1-15-5-4-6-17(13-15)24-20-22(11-2-3-12-22)26(18-9-7-16(23)8-10-18)21(25-20)29-14-19(27)28/h4-10,13H,2-3,11-12,14H2,1H3,(H,27,28). The van der Waals surface area contributed by atoms with Gasteiger partial charge in [-0.1, -0.05) is 48.3 Å². The number of aliphatic imine (C=N–C) groups is 2. The third-order valence-electron chi connectivity index (χ3n) is 5.31. The lowest BCUT2D eigenvalue weighted by atomic mass is 9.94. The van der Waals surface area contributed by atoms with E-state index in [2.05, 4.69) is 4.90 Å². The van der Waals surface area contributed by atoms with Crippen molar-refractivity contribution in [1.82, 2.24) is 0 Å². The SMILES string of the molecule is Cc1cccc(N=C2N=C(SCC(=O)O)N(c3ccc(Cl)cc3)C23CCCC3)c1. The van der Waals surface area contributed by atoms with Crippen molar-refractivity contribution in [3.8, 4) is 0 Å².